The van der Waals surface area contributed by atoms with Gasteiger partial charge >= 0.3 is 0 Å². The molecule has 3 rings (SSSR count). The number of rotatable bonds is 1. The van der Waals surface area contributed by atoms with Crippen molar-refractivity contribution in [1.82, 2.24) is 10.9 Å². The molecule has 2 aromatic rings. The Morgan fingerprint density at radius 1 is 1.15 bits per heavy atom. The summed E-state index contributed by atoms with van der Waals surface area (Å²) in [4.78, 5) is 11.7. The molecule has 0 bridgehead atoms. The third-order valence-electron chi connectivity index (χ3n) is 3.71. The molecule has 2 N–H and O–H groups in total. The Balaban J connectivity index is 2.18. The van der Waals surface area contributed by atoms with Gasteiger partial charge in [-0.3, -0.25) is 10.2 Å². The summed E-state index contributed by atoms with van der Waals surface area (Å²) in [6.07, 6.45) is 1.82. The van der Waals surface area contributed by atoms with E-state index in [-0.39, 0.29) is 11.7 Å². The van der Waals surface area contributed by atoms with E-state index in [2.05, 4.69) is 10.9 Å². The summed E-state index contributed by atoms with van der Waals surface area (Å²) in [5, 5.41) is 1.80. The van der Waals surface area contributed by atoms with E-state index in [0.717, 1.165) is 22.0 Å². The molecule has 1 heterocycles. The topological polar surface area (TPSA) is 41.1 Å². The van der Waals surface area contributed by atoms with E-state index >= 15 is 0 Å². The van der Waals surface area contributed by atoms with Crippen LogP contribution in [-0.4, -0.2) is 5.91 Å². The van der Waals surface area contributed by atoms with Gasteiger partial charge in [-0.25, -0.2) is 4.39 Å². The third-order valence-corrected chi connectivity index (χ3v) is 3.71. The molecular formula is C16H15FN2O. The van der Waals surface area contributed by atoms with Crippen LogP contribution in [0.5, 0.6) is 0 Å². The van der Waals surface area contributed by atoms with Crippen LogP contribution in [-0.2, 0) is 4.79 Å². The largest absolute Gasteiger partial charge is 0.302 e. The molecule has 1 saturated heterocycles. The molecular weight excluding hydrogens is 255 g/mol. The zero-order valence-corrected chi connectivity index (χ0v) is 11.3. The van der Waals surface area contributed by atoms with Crippen LogP contribution in [0.4, 0.5) is 4.39 Å². The zero-order valence-electron chi connectivity index (χ0n) is 11.3. The van der Waals surface area contributed by atoms with E-state index < -0.39 is 5.41 Å². The van der Waals surface area contributed by atoms with Gasteiger partial charge in [-0.05, 0) is 48.4 Å². The van der Waals surface area contributed by atoms with Crippen LogP contribution >= 0.6 is 0 Å². The summed E-state index contributed by atoms with van der Waals surface area (Å²) in [6.45, 7) is 3.66. The molecule has 1 fully saturated rings. The lowest BCUT2D eigenvalue weighted by molar-refractivity contribution is -0.125. The third kappa shape index (κ3) is 1.93. The lowest BCUT2D eigenvalue weighted by Crippen LogP contribution is -2.28. The summed E-state index contributed by atoms with van der Waals surface area (Å²) in [6, 6.07) is 10.6. The van der Waals surface area contributed by atoms with E-state index in [4.69, 9.17) is 0 Å². The Morgan fingerprint density at radius 2 is 1.90 bits per heavy atom. The second kappa shape index (κ2) is 4.34. The van der Waals surface area contributed by atoms with E-state index in [1.165, 1.54) is 12.1 Å². The highest BCUT2D eigenvalue weighted by Crippen LogP contribution is 2.31. The normalized spacial score (nSPS) is 19.1. The van der Waals surface area contributed by atoms with E-state index in [1.54, 1.807) is 0 Å². The van der Waals surface area contributed by atoms with Crippen LogP contribution in [0.2, 0.25) is 0 Å². The minimum absolute atomic E-state index is 0.0931. The second-order valence-electron chi connectivity index (χ2n) is 5.48. The maximum Gasteiger partial charge on any atom is 0.249 e. The summed E-state index contributed by atoms with van der Waals surface area (Å²) < 4.78 is 13.7. The highest BCUT2D eigenvalue weighted by atomic mass is 19.1. The summed E-state index contributed by atoms with van der Waals surface area (Å²) in [7, 11) is 0. The molecule has 1 amide bonds. The van der Waals surface area contributed by atoms with Crippen molar-refractivity contribution < 1.29 is 9.18 Å². The molecule has 20 heavy (non-hydrogen) atoms. The van der Waals surface area contributed by atoms with Crippen LogP contribution in [0.15, 0.2) is 42.1 Å². The smallest absolute Gasteiger partial charge is 0.249 e. The number of benzene rings is 2. The first-order valence-electron chi connectivity index (χ1n) is 6.45. The van der Waals surface area contributed by atoms with Crippen molar-refractivity contribution in [2.45, 2.75) is 13.8 Å². The predicted molar refractivity (Wildman–Crippen MR) is 76.9 cm³/mol. The molecule has 0 aromatic heterocycles. The molecule has 0 radical (unpaired) electrons. The molecule has 0 saturated carbocycles. The Bertz CT molecular complexity index is 734. The van der Waals surface area contributed by atoms with E-state index in [0.29, 0.717) is 0 Å². The first-order valence-corrected chi connectivity index (χ1v) is 6.45. The fraction of sp³-hybridized carbons (Fsp3) is 0.188. The van der Waals surface area contributed by atoms with Crippen molar-refractivity contribution in [3.05, 3.63) is 53.5 Å². The highest BCUT2D eigenvalue weighted by Gasteiger charge is 2.37. The quantitative estimate of drug-likeness (QED) is 0.836. The number of halogens is 1. The molecule has 102 valence electrons. The number of nitrogens with one attached hydrogen (secondary N) is 2. The number of hydrogen-bond acceptors (Lipinski definition) is 2. The monoisotopic (exact) mass is 270 g/mol. The molecule has 4 heteroatoms. The number of carbonyl (C=O) groups is 1. The summed E-state index contributed by atoms with van der Waals surface area (Å²) in [5.41, 5.74) is 6.31. The second-order valence-corrected chi connectivity index (χ2v) is 5.48. The molecule has 2 aromatic carbocycles. The van der Waals surface area contributed by atoms with Gasteiger partial charge in [0.2, 0.25) is 5.91 Å². The molecule has 0 aliphatic carbocycles. The molecule has 1 aliphatic rings. The maximum absolute atomic E-state index is 13.7. The van der Waals surface area contributed by atoms with Gasteiger partial charge in [0.15, 0.2) is 0 Å². The van der Waals surface area contributed by atoms with Gasteiger partial charge in [0.25, 0.3) is 0 Å². The van der Waals surface area contributed by atoms with Crippen molar-refractivity contribution >= 4 is 22.8 Å². The first-order chi connectivity index (χ1) is 9.48. The van der Waals surface area contributed by atoms with E-state index in [9.17, 15) is 9.18 Å². The Kier molecular flexibility index (Phi) is 2.74. The van der Waals surface area contributed by atoms with Gasteiger partial charge < -0.3 is 5.43 Å². The SMILES string of the molecule is CC1(C)C(=O)NN/C1=C\c1cc(F)cc2ccccc12. The average molecular weight is 270 g/mol. The van der Waals surface area contributed by atoms with Crippen LogP contribution in [0.3, 0.4) is 0 Å². The van der Waals surface area contributed by atoms with Gasteiger partial charge in [0, 0.05) is 5.70 Å². The zero-order chi connectivity index (χ0) is 14.3. The van der Waals surface area contributed by atoms with Crippen LogP contribution < -0.4 is 10.9 Å². The Morgan fingerprint density at radius 3 is 2.60 bits per heavy atom. The highest BCUT2D eigenvalue weighted by molar-refractivity contribution is 5.94. The van der Waals surface area contributed by atoms with Crippen LogP contribution in [0, 0.1) is 11.2 Å². The maximum atomic E-state index is 13.7. The van der Waals surface area contributed by atoms with Crippen molar-refractivity contribution in [2.24, 2.45) is 5.41 Å². The number of hydrogen-bond donors (Lipinski definition) is 2. The minimum atomic E-state index is -0.645. The number of fused-ring (bicyclic) bond motifs is 1. The standard InChI is InChI=1S/C16H15FN2O/c1-16(2)14(18-19-15(16)20)9-11-8-12(17)7-10-5-3-4-6-13(10)11/h3-9,18H,1-2H3,(H,19,20)/b14-9-. The van der Waals surface area contributed by atoms with Crippen molar-refractivity contribution in [2.75, 3.05) is 0 Å². The van der Waals surface area contributed by atoms with Crippen molar-refractivity contribution in [3.63, 3.8) is 0 Å². The summed E-state index contributed by atoms with van der Waals surface area (Å²) >= 11 is 0. The molecule has 0 atom stereocenters. The fourth-order valence-electron chi connectivity index (χ4n) is 2.35. The van der Waals surface area contributed by atoms with Gasteiger partial charge in [-0.1, -0.05) is 24.3 Å². The number of amides is 1. The van der Waals surface area contributed by atoms with Gasteiger partial charge in [0.1, 0.15) is 5.82 Å². The molecule has 1 aliphatic heterocycles. The molecule has 0 spiro atoms. The van der Waals surface area contributed by atoms with Gasteiger partial charge in [0.05, 0.1) is 5.41 Å². The number of carbonyl (C=O) groups excluding carboxylic acids is 1. The Hall–Kier alpha value is -2.36. The molecule has 0 unspecified atom stereocenters. The summed E-state index contributed by atoms with van der Waals surface area (Å²) in [5.74, 6) is -0.380. The van der Waals surface area contributed by atoms with Crippen LogP contribution in [0.25, 0.3) is 16.8 Å². The fourth-order valence-corrected chi connectivity index (χ4v) is 2.35. The first kappa shape index (κ1) is 12.7. The predicted octanol–water partition coefficient (Wildman–Crippen LogP) is 2.98. The van der Waals surface area contributed by atoms with Gasteiger partial charge in [-0.15, -0.1) is 0 Å². The number of hydrazine groups is 1. The lowest BCUT2D eigenvalue weighted by Gasteiger charge is -2.14. The van der Waals surface area contributed by atoms with Crippen molar-refractivity contribution in [3.8, 4) is 0 Å². The van der Waals surface area contributed by atoms with Gasteiger partial charge in [-0.2, -0.15) is 0 Å². The molecule has 3 nitrogen and oxygen atoms in total. The van der Waals surface area contributed by atoms with E-state index in [1.807, 2.05) is 44.2 Å². The minimum Gasteiger partial charge on any atom is -0.302 e. The lowest BCUT2D eigenvalue weighted by atomic mass is 9.88. The average Bonchev–Trinajstić information content (AvgIpc) is 2.65. The van der Waals surface area contributed by atoms with Crippen LogP contribution in [0.1, 0.15) is 19.4 Å². The van der Waals surface area contributed by atoms with Crippen molar-refractivity contribution in [1.29, 1.82) is 0 Å². The Labute approximate surface area is 116 Å².